The molecule has 9 nitrogen and oxygen atoms in total. The van der Waals surface area contributed by atoms with Crippen molar-refractivity contribution in [1.29, 1.82) is 0 Å². The second kappa shape index (κ2) is 8.74. The molecule has 5 rings (SSSR count). The van der Waals surface area contributed by atoms with Crippen LogP contribution in [0.15, 0.2) is 54.7 Å². The number of hydrogen-bond acceptors (Lipinski definition) is 7. The Labute approximate surface area is 205 Å². The van der Waals surface area contributed by atoms with Crippen molar-refractivity contribution in [2.75, 3.05) is 35.8 Å². The number of aromatic carboxylic acids is 1. The van der Waals surface area contributed by atoms with E-state index in [1.807, 2.05) is 30.3 Å². The zero-order valence-corrected chi connectivity index (χ0v) is 19.5. The summed E-state index contributed by atoms with van der Waals surface area (Å²) in [6.07, 6.45) is 1.98. The van der Waals surface area contributed by atoms with Gasteiger partial charge in [0.15, 0.2) is 5.82 Å². The molecule has 0 radical (unpaired) electrons. The lowest BCUT2D eigenvalue weighted by Gasteiger charge is -2.26. The first-order valence-electron chi connectivity index (χ1n) is 11.2. The van der Waals surface area contributed by atoms with E-state index in [0.717, 1.165) is 10.5 Å². The number of carbonyl (C=O) groups is 2. The molecule has 2 unspecified atom stereocenters. The first kappa shape index (κ1) is 23.5. The van der Waals surface area contributed by atoms with Gasteiger partial charge in [0.2, 0.25) is 5.95 Å². The molecule has 2 N–H and O–H groups in total. The number of amides is 1. The minimum Gasteiger partial charge on any atom is -0.495 e. The number of hydrogen-bond donors (Lipinski definition) is 2. The predicted molar refractivity (Wildman–Crippen MR) is 129 cm³/mol. The number of fused-ring (bicyclic) bond motifs is 1. The average Bonchev–Trinajstić information content (AvgIpc) is 3.68. The predicted octanol–water partition coefficient (Wildman–Crippen LogP) is 3.90. The van der Waals surface area contributed by atoms with E-state index in [1.54, 1.807) is 0 Å². The van der Waals surface area contributed by atoms with Crippen LogP contribution < -0.4 is 19.9 Å². The van der Waals surface area contributed by atoms with Gasteiger partial charge in [-0.1, -0.05) is 30.3 Å². The summed E-state index contributed by atoms with van der Waals surface area (Å²) in [5, 5.41) is 12.2. The molecule has 2 atom stereocenters. The summed E-state index contributed by atoms with van der Waals surface area (Å²) in [4.78, 5) is 34.9. The van der Waals surface area contributed by atoms with Crippen molar-refractivity contribution in [2.45, 2.75) is 24.3 Å². The van der Waals surface area contributed by atoms with E-state index in [9.17, 15) is 23.5 Å². The van der Waals surface area contributed by atoms with Crippen LogP contribution in [-0.2, 0) is 4.79 Å². The molecular formula is C25H23F2N5O4. The lowest BCUT2D eigenvalue weighted by Crippen LogP contribution is -2.46. The summed E-state index contributed by atoms with van der Waals surface area (Å²) in [6, 6.07) is 13.6. The Bertz CT molecular complexity index is 1340. The fraction of sp³-hybridized carbons (Fsp3) is 0.280. The number of carboxylic acid groups (broad SMARTS) is 1. The Balaban J connectivity index is 1.52. The number of aromatic nitrogens is 2. The molecule has 2 heterocycles. The third-order valence-corrected chi connectivity index (χ3v) is 6.45. The van der Waals surface area contributed by atoms with Crippen LogP contribution in [0.4, 0.5) is 31.9 Å². The molecule has 1 amide bonds. The fourth-order valence-corrected chi connectivity index (χ4v) is 4.49. The Morgan fingerprint density at radius 2 is 1.97 bits per heavy atom. The van der Waals surface area contributed by atoms with Crippen LogP contribution in [0.3, 0.4) is 0 Å². The van der Waals surface area contributed by atoms with Crippen LogP contribution >= 0.6 is 0 Å². The van der Waals surface area contributed by atoms with Crippen LogP contribution in [0.1, 0.15) is 28.3 Å². The van der Waals surface area contributed by atoms with Crippen molar-refractivity contribution in [1.82, 2.24) is 9.97 Å². The maximum Gasteiger partial charge on any atom is 0.342 e. The Morgan fingerprint density at radius 3 is 2.67 bits per heavy atom. The van der Waals surface area contributed by atoms with Crippen LogP contribution in [0, 0.1) is 0 Å². The van der Waals surface area contributed by atoms with Gasteiger partial charge in [-0.25, -0.2) is 9.78 Å². The SMILES string of the molecule is COc1cc(C(=O)O)ccc1Nc1ncc2c(n1)N(C1CC1c1ccccc1)CC(F)(F)C(=O)N2C. The summed E-state index contributed by atoms with van der Waals surface area (Å²) in [5.74, 6) is -5.46. The van der Waals surface area contributed by atoms with Crippen molar-refractivity contribution in [3.05, 3.63) is 65.9 Å². The van der Waals surface area contributed by atoms with Gasteiger partial charge in [-0.2, -0.15) is 13.8 Å². The highest BCUT2D eigenvalue weighted by molar-refractivity contribution is 6.02. The number of rotatable bonds is 6. The monoisotopic (exact) mass is 495 g/mol. The molecule has 36 heavy (non-hydrogen) atoms. The fourth-order valence-electron chi connectivity index (χ4n) is 4.49. The van der Waals surface area contributed by atoms with E-state index in [2.05, 4.69) is 15.3 Å². The third kappa shape index (κ3) is 4.16. The molecule has 2 aliphatic rings. The summed E-state index contributed by atoms with van der Waals surface area (Å²) in [6.45, 7) is -0.801. The van der Waals surface area contributed by atoms with E-state index in [1.165, 1.54) is 43.5 Å². The smallest absolute Gasteiger partial charge is 0.342 e. The topological polar surface area (TPSA) is 108 Å². The molecule has 1 aliphatic heterocycles. The minimum atomic E-state index is -3.61. The summed E-state index contributed by atoms with van der Waals surface area (Å²) in [7, 11) is 2.68. The molecule has 1 aromatic heterocycles. The van der Waals surface area contributed by atoms with Crippen LogP contribution in [0.2, 0.25) is 0 Å². The standard InChI is InChI=1S/C25H23F2N5O4/c1-31-19-12-28-24(29-17-9-8-15(22(33)34)10-20(17)36-2)30-21(19)32(13-25(26,27)23(31)35)18-11-16(18)14-6-4-3-5-7-14/h3-10,12,16,18H,11,13H2,1-2H3,(H,33,34)(H,28,29,30). The lowest BCUT2D eigenvalue weighted by atomic mass is 10.1. The molecule has 11 heteroatoms. The number of nitrogens with one attached hydrogen (secondary N) is 1. The van der Waals surface area contributed by atoms with Crippen LogP contribution in [-0.4, -0.2) is 59.6 Å². The first-order valence-corrected chi connectivity index (χ1v) is 11.2. The highest BCUT2D eigenvalue weighted by Crippen LogP contribution is 2.49. The van der Waals surface area contributed by atoms with Gasteiger partial charge >= 0.3 is 11.9 Å². The molecule has 0 spiro atoms. The Kier molecular flexibility index (Phi) is 5.70. The molecule has 3 aromatic rings. The second-order valence-corrected chi connectivity index (χ2v) is 8.76. The summed E-state index contributed by atoms with van der Waals surface area (Å²) in [5.41, 5.74) is 1.64. The number of nitrogens with zero attached hydrogens (tertiary/aromatic N) is 4. The number of carboxylic acids is 1. The molecular weight excluding hydrogens is 472 g/mol. The molecule has 2 aromatic carbocycles. The normalized spacial score (nSPS) is 20.4. The van der Waals surface area contributed by atoms with E-state index >= 15 is 0 Å². The highest BCUT2D eigenvalue weighted by atomic mass is 19.3. The molecule has 186 valence electrons. The van der Waals surface area contributed by atoms with E-state index in [4.69, 9.17) is 4.74 Å². The zero-order chi connectivity index (χ0) is 25.6. The average molecular weight is 495 g/mol. The maximum absolute atomic E-state index is 14.9. The maximum atomic E-state index is 14.9. The van der Waals surface area contributed by atoms with Gasteiger partial charge in [0.05, 0.1) is 31.1 Å². The van der Waals surface area contributed by atoms with Gasteiger partial charge in [0.1, 0.15) is 11.4 Å². The third-order valence-electron chi connectivity index (χ3n) is 6.45. The van der Waals surface area contributed by atoms with Crippen molar-refractivity contribution >= 4 is 35.0 Å². The molecule has 1 saturated carbocycles. The number of halogens is 2. The van der Waals surface area contributed by atoms with Gasteiger partial charge in [0.25, 0.3) is 5.91 Å². The number of anilines is 4. The van der Waals surface area contributed by atoms with E-state index < -0.39 is 24.3 Å². The van der Waals surface area contributed by atoms with E-state index in [0.29, 0.717) is 12.1 Å². The van der Waals surface area contributed by atoms with Crippen molar-refractivity contribution in [3.63, 3.8) is 0 Å². The lowest BCUT2D eigenvalue weighted by molar-refractivity contribution is -0.140. The number of methoxy groups -OCH3 is 1. The van der Waals surface area contributed by atoms with Gasteiger partial charge in [-0.3, -0.25) is 4.79 Å². The van der Waals surface area contributed by atoms with Gasteiger partial charge in [0, 0.05) is 19.0 Å². The first-order chi connectivity index (χ1) is 17.2. The zero-order valence-electron chi connectivity index (χ0n) is 19.5. The summed E-state index contributed by atoms with van der Waals surface area (Å²) < 4.78 is 35.1. The van der Waals surface area contributed by atoms with Crippen LogP contribution in [0.5, 0.6) is 5.75 Å². The Hall–Kier alpha value is -4.28. The number of alkyl halides is 2. The second-order valence-electron chi connectivity index (χ2n) is 8.76. The quantitative estimate of drug-likeness (QED) is 0.530. The van der Waals surface area contributed by atoms with Gasteiger partial charge in [-0.15, -0.1) is 0 Å². The summed E-state index contributed by atoms with van der Waals surface area (Å²) >= 11 is 0. The number of ether oxygens (including phenoxy) is 1. The van der Waals surface area contributed by atoms with Crippen molar-refractivity contribution in [2.24, 2.45) is 0 Å². The molecule has 0 saturated heterocycles. The molecule has 1 aliphatic carbocycles. The van der Waals surface area contributed by atoms with E-state index in [-0.39, 0.29) is 40.7 Å². The highest BCUT2D eigenvalue weighted by Gasteiger charge is 2.53. The van der Waals surface area contributed by atoms with Crippen molar-refractivity contribution in [3.8, 4) is 5.75 Å². The number of carbonyl (C=O) groups excluding carboxylic acids is 1. The largest absolute Gasteiger partial charge is 0.495 e. The van der Waals surface area contributed by atoms with Gasteiger partial charge < -0.3 is 25.0 Å². The molecule has 0 bridgehead atoms. The molecule has 1 fully saturated rings. The minimum absolute atomic E-state index is 0.0309. The van der Waals surface area contributed by atoms with Gasteiger partial charge in [-0.05, 0) is 30.2 Å². The number of benzene rings is 2. The Morgan fingerprint density at radius 1 is 1.22 bits per heavy atom. The van der Waals surface area contributed by atoms with Crippen LogP contribution in [0.25, 0.3) is 0 Å². The van der Waals surface area contributed by atoms with Crippen molar-refractivity contribution < 1.29 is 28.2 Å².